The predicted octanol–water partition coefficient (Wildman–Crippen LogP) is 13.0. The average Bonchev–Trinajstić information content (AvgIpc) is 3.64. The molecule has 6 aromatic carbocycles. The molecule has 1 atom stereocenters. The molecular weight excluding hydrogens is 659 g/mol. The van der Waals surface area contributed by atoms with Gasteiger partial charge in [-0.1, -0.05) is 170 Å². The van der Waals surface area contributed by atoms with Crippen LogP contribution in [0.2, 0.25) is 0 Å². The number of rotatable bonds is 9. The molecule has 54 heavy (non-hydrogen) atoms. The fraction of sp³-hybridized carbons (Fsp3) is 0.0600. The number of aromatic nitrogens is 3. The van der Waals surface area contributed by atoms with Crippen LogP contribution >= 0.6 is 0 Å². The van der Waals surface area contributed by atoms with Crippen LogP contribution in [0, 0.1) is 0 Å². The maximum absolute atomic E-state index is 6.79. The van der Waals surface area contributed by atoms with Crippen LogP contribution in [0.5, 0.6) is 0 Å². The van der Waals surface area contributed by atoms with Gasteiger partial charge in [0.1, 0.15) is 11.2 Å². The van der Waals surface area contributed by atoms with Crippen LogP contribution in [0.15, 0.2) is 193 Å². The Balaban J connectivity index is 1.21. The lowest BCUT2D eigenvalue weighted by Gasteiger charge is -2.18. The van der Waals surface area contributed by atoms with Gasteiger partial charge < -0.3 is 4.42 Å². The van der Waals surface area contributed by atoms with E-state index < -0.39 is 0 Å². The van der Waals surface area contributed by atoms with E-state index in [1.807, 2.05) is 60.7 Å². The SMILES string of the molecule is C=C/C=C\C=C/Cc1ccc(-c2nc(-c3ccccc3)nc(-c3ccc(-c4ccc(C5C=CC=CC5)c5ccccc45)c4oc5ccccc5c34)n2)cc1. The monoisotopic (exact) mass is 695 g/mol. The molecule has 2 heterocycles. The Morgan fingerprint density at radius 2 is 1.28 bits per heavy atom. The maximum Gasteiger partial charge on any atom is 0.164 e. The van der Waals surface area contributed by atoms with Gasteiger partial charge in [-0.2, -0.15) is 0 Å². The third-order valence-electron chi connectivity index (χ3n) is 10.1. The van der Waals surface area contributed by atoms with Gasteiger partial charge in [-0.3, -0.25) is 0 Å². The van der Waals surface area contributed by atoms with Gasteiger partial charge in [0.25, 0.3) is 0 Å². The molecule has 1 aliphatic carbocycles. The summed E-state index contributed by atoms with van der Waals surface area (Å²) in [5.74, 6) is 2.18. The molecule has 0 N–H and O–H groups in total. The first kappa shape index (κ1) is 33.0. The minimum atomic E-state index is 0.345. The van der Waals surface area contributed by atoms with Gasteiger partial charge in [0.2, 0.25) is 0 Å². The second-order valence-corrected chi connectivity index (χ2v) is 13.5. The third kappa shape index (κ3) is 6.29. The van der Waals surface area contributed by atoms with Crippen molar-refractivity contribution in [3.8, 4) is 45.3 Å². The minimum Gasteiger partial charge on any atom is -0.455 e. The molecule has 1 aliphatic rings. The van der Waals surface area contributed by atoms with E-state index in [2.05, 4.69) is 122 Å². The van der Waals surface area contributed by atoms with E-state index in [1.165, 1.54) is 21.9 Å². The summed E-state index contributed by atoms with van der Waals surface area (Å²) in [6.07, 6.45) is 20.5. The van der Waals surface area contributed by atoms with Crippen molar-refractivity contribution in [1.29, 1.82) is 0 Å². The summed E-state index contributed by atoms with van der Waals surface area (Å²) in [7, 11) is 0. The fourth-order valence-electron chi connectivity index (χ4n) is 7.48. The zero-order valence-electron chi connectivity index (χ0n) is 29.8. The zero-order valence-corrected chi connectivity index (χ0v) is 29.8. The highest BCUT2D eigenvalue weighted by Gasteiger charge is 2.22. The number of fused-ring (bicyclic) bond motifs is 4. The highest BCUT2D eigenvalue weighted by Crippen LogP contribution is 2.44. The Morgan fingerprint density at radius 3 is 2.06 bits per heavy atom. The van der Waals surface area contributed by atoms with Crippen molar-refractivity contribution in [1.82, 2.24) is 15.0 Å². The summed E-state index contributed by atoms with van der Waals surface area (Å²) in [5.41, 5.74) is 9.10. The van der Waals surface area contributed by atoms with E-state index in [1.54, 1.807) is 6.08 Å². The van der Waals surface area contributed by atoms with E-state index >= 15 is 0 Å². The summed E-state index contributed by atoms with van der Waals surface area (Å²) in [6.45, 7) is 3.73. The summed E-state index contributed by atoms with van der Waals surface area (Å²) in [6, 6.07) is 44.4. The first-order valence-corrected chi connectivity index (χ1v) is 18.4. The predicted molar refractivity (Wildman–Crippen MR) is 224 cm³/mol. The average molecular weight is 696 g/mol. The van der Waals surface area contributed by atoms with Crippen molar-refractivity contribution in [2.24, 2.45) is 0 Å². The first-order chi connectivity index (χ1) is 26.7. The smallest absolute Gasteiger partial charge is 0.164 e. The quantitative estimate of drug-likeness (QED) is 0.141. The van der Waals surface area contributed by atoms with E-state index in [4.69, 9.17) is 19.4 Å². The topological polar surface area (TPSA) is 51.8 Å². The van der Waals surface area contributed by atoms with Gasteiger partial charge in [-0.25, -0.2) is 15.0 Å². The molecule has 4 heteroatoms. The van der Waals surface area contributed by atoms with Crippen molar-refractivity contribution in [2.75, 3.05) is 0 Å². The molecule has 8 aromatic rings. The lowest BCUT2D eigenvalue weighted by molar-refractivity contribution is 0.670. The number of hydrogen-bond acceptors (Lipinski definition) is 4. The Morgan fingerprint density at radius 1 is 0.593 bits per heavy atom. The molecule has 0 amide bonds. The van der Waals surface area contributed by atoms with Crippen LogP contribution in [-0.2, 0) is 6.42 Å². The Kier molecular flexibility index (Phi) is 8.92. The van der Waals surface area contributed by atoms with Crippen molar-refractivity contribution in [3.05, 3.63) is 200 Å². The number of furan rings is 1. The van der Waals surface area contributed by atoms with Crippen LogP contribution in [-0.4, -0.2) is 15.0 Å². The molecule has 2 aromatic heterocycles. The molecule has 0 saturated carbocycles. The normalized spacial score (nSPS) is 14.3. The van der Waals surface area contributed by atoms with E-state index in [0.717, 1.165) is 62.6 Å². The second kappa shape index (κ2) is 14.6. The number of benzene rings is 6. The Bertz CT molecular complexity index is 2780. The highest BCUT2D eigenvalue weighted by molar-refractivity contribution is 6.17. The van der Waals surface area contributed by atoms with Crippen LogP contribution < -0.4 is 0 Å². The molecule has 0 radical (unpaired) electrons. The lowest BCUT2D eigenvalue weighted by atomic mass is 9.86. The molecule has 0 saturated heterocycles. The Labute approximate surface area is 314 Å². The number of nitrogens with zero attached hydrogens (tertiary/aromatic N) is 3. The molecule has 9 rings (SSSR count). The molecule has 4 nitrogen and oxygen atoms in total. The fourth-order valence-corrected chi connectivity index (χ4v) is 7.48. The molecule has 0 aliphatic heterocycles. The van der Waals surface area contributed by atoms with Gasteiger partial charge in [-0.15, -0.1) is 0 Å². The van der Waals surface area contributed by atoms with Gasteiger partial charge in [0, 0.05) is 38.9 Å². The largest absolute Gasteiger partial charge is 0.455 e. The zero-order chi connectivity index (χ0) is 36.3. The van der Waals surface area contributed by atoms with Gasteiger partial charge in [0.15, 0.2) is 17.5 Å². The summed E-state index contributed by atoms with van der Waals surface area (Å²) in [4.78, 5) is 15.3. The Hall–Kier alpha value is -6.91. The highest BCUT2D eigenvalue weighted by atomic mass is 16.3. The van der Waals surface area contributed by atoms with Crippen LogP contribution in [0.4, 0.5) is 0 Å². The third-order valence-corrected chi connectivity index (χ3v) is 10.1. The number of hydrogen-bond donors (Lipinski definition) is 0. The molecule has 0 bridgehead atoms. The van der Waals surface area contributed by atoms with Gasteiger partial charge in [-0.05, 0) is 58.5 Å². The standard InChI is InChI=1S/C50H37N3O/c1-2-3-4-5-8-17-34-26-28-37(29-27-34)49-51-48(36-20-11-7-12-21-36)52-50(53-49)44-33-32-42(47-46(44)43-24-15-16-25-45(43)54-47)41-31-30-38(35-18-9-6-10-19-35)39-22-13-14-23-40(39)41/h2-16,18,20-33,35H,1,17,19H2/b4-3-,8-5-. The maximum atomic E-state index is 6.79. The van der Waals surface area contributed by atoms with E-state index in [9.17, 15) is 0 Å². The summed E-state index contributed by atoms with van der Waals surface area (Å²) >= 11 is 0. The second-order valence-electron chi connectivity index (χ2n) is 13.5. The van der Waals surface area contributed by atoms with Crippen molar-refractivity contribution in [3.63, 3.8) is 0 Å². The van der Waals surface area contributed by atoms with Gasteiger partial charge >= 0.3 is 0 Å². The lowest BCUT2D eigenvalue weighted by Crippen LogP contribution is -2.01. The van der Waals surface area contributed by atoms with Crippen LogP contribution in [0.3, 0.4) is 0 Å². The van der Waals surface area contributed by atoms with Crippen molar-refractivity contribution in [2.45, 2.75) is 18.8 Å². The number of para-hydroxylation sites is 1. The summed E-state index contributed by atoms with van der Waals surface area (Å²) in [5, 5.41) is 4.47. The van der Waals surface area contributed by atoms with Crippen LogP contribution in [0.25, 0.3) is 78.0 Å². The molecule has 1 unspecified atom stereocenters. The molecule has 258 valence electrons. The van der Waals surface area contributed by atoms with Crippen molar-refractivity contribution < 1.29 is 4.42 Å². The molecular formula is C50H37N3O. The summed E-state index contributed by atoms with van der Waals surface area (Å²) < 4.78 is 6.79. The van der Waals surface area contributed by atoms with Crippen molar-refractivity contribution >= 4 is 32.7 Å². The minimum absolute atomic E-state index is 0.345. The number of allylic oxidation sites excluding steroid dienone is 9. The van der Waals surface area contributed by atoms with Crippen LogP contribution in [0.1, 0.15) is 23.5 Å². The molecule has 0 fully saturated rings. The van der Waals surface area contributed by atoms with E-state index in [-0.39, 0.29) is 0 Å². The first-order valence-electron chi connectivity index (χ1n) is 18.4. The van der Waals surface area contributed by atoms with E-state index in [0.29, 0.717) is 23.4 Å². The molecule has 0 spiro atoms. The van der Waals surface area contributed by atoms with Gasteiger partial charge in [0.05, 0.1) is 0 Å².